The molecule has 1 aromatic heterocycles. The van der Waals surface area contributed by atoms with E-state index in [-0.39, 0.29) is 0 Å². The predicted octanol–water partition coefficient (Wildman–Crippen LogP) is 2.12. The fraction of sp³-hybridized carbons (Fsp3) is 0.357. The van der Waals surface area contributed by atoms with Gasteiger partial charge >= 0.3 is 0 Å². The molecule has 3 rings (SSSR count). The van der Waals surface area contributed by atoms with Crippen LogP contribution in [0.3, 0.4) is 0 Å². The molecule has 17 heavy (non-hydrogen) atoms. The highest BCUT2D eigenvalue weighted by atomic mass is 14.9. The van der Waals surface area contributed by atoms with Crippen LogP contribution in [-0.2, 0) is 12.8 Å². The van der Waals surface area contributed by atoms with Crippen molar-refractivity contribution in [3.8, 4) is 6.07 Å². The Labute approximate surface area is 100 Å². The summed E-state index contributed by atoms with van der Waals surface area (Å²) in [5.74, 6) is 0. The Balaban J connectivity index is 2.16. The highest BCUT2D eigenvalue weighted by molar-refractivity contribution is 5.86. The molecule has 3 heteroatoms. The molecule has 0 bridgehead atoms. The smallest absolute Gasteiger partial charge is 0.0991 e. The molecule has 0 amide bonds. The zero-order valence-corrected chi connectivity index (χ0v) is 9.88. The predicted molar refractivity (Wildman–Crippen MR) is 67.9 cm³/mol. The average Bonchev–Trinajstić information content (AvgIpc) is 2.75. The monoisotopic (exact) mass is 225 g/mol. The molecule has 1 aliphatic rings. The van der Waals surface area contributed by atoms with E-state index in [1.165, 1.54) is 23.1 Å². The van der Waals surface area contributed by atoms with Crippen molar-refractivity contribution in [2.75, 3.05) is 7.05 Å². The van der Waals surface area contributed by atoms with E-state index in [4.69, 9.17) is 5.26 Å². The van der Waals surface area contributed by atoms with E-state index >= 15 is 0 Å². The van der Waals surface area contributed by atoms with Gasteiger partial charge in [-0.25, -0.2) is 0 Å². The van der Waals surface area contributed by atoms with Crippen molar-refractivity contribution in [3.63, 3.8) is 0 Å². The summed E-state index contributed by atoms with van der Waals surface area (Å²) in [4.78, 5) is 3.47. The van der Waals surface area contributed by atoms with Gasteiger partial charge in [0.15, 0.2) is 0 Å². The lowest BCUT2D eigenvalue weighted by Crippen LogP contribution is -2.31. The summed E-state index contributed by atoms with van der Waals surface area (Å²) >= 11 is 0. The fourth-order valence-electron chi connectivity index (χ4n) is 2.73. The minimum atomic E-state index is 0.562. The summed E-state index contributed by atoms with van der Waals surface area (Å²) < 4.78 is 0. The van der Waals surface area contributed by atoms with Crippen molar-refractivity contribution in [3.05, 3.63) is 35.0 Å². The molecule has 2 N–H and O–H groups in total. The molecule has 0 saturated carbocycles. The minimum Gasteiger partial charge on any atom is -0.358 e. The van der Waals surface area contributed by atoms with Crippen LogP contribution >= 0.6 is 0 Å². The Kier molecular flexibility index (Phi) is 2.38. The van der Waals surface area contributed by atoms with Gasteiger partial charge in [0.2, 0.25) is 0 Å². The van der Waals surface area contributed by atoms with E-state index in [1.54, 1.807) is 0 Å². The number of aromatic nitrogens is 1. The second-order valence-corrected chi connectivity index (χ2v) is 4.68. The number of hydrogen-bond acceptors (Lipinski definition) is 2. The Morgan fingerprint density at radius 3 is 3.12 bits per heavy atom. The van der Waals surface area contributed by atoms with Gasteiger partial charge in [0, 0.05) is 22.6 Å². The number of fused-ring (bicyclic) bond motifs is 3. The third kappa shape index (κ3) is 1.62. The molecule has 1 aliphatic carbocycles. The molecule has 2 aromatic rings. The standard InChI is InChI=1S/C14H15N3/c1-16-10-3-5-14-12(7-10)11-6-9(8-15)2-4-13(11)17-14/h2,4,6,10,16-17H,3,5,7H2,1H3/t10-/m1/s1. The van der Waals surface area contributed by atoms with Crippen LogP contribution < -0.4 is 5.32 Å². The van der Waals surface area contributed by atoms with Crippen molar-refractivity contribution >= 4 is 10.9 Å². The molecule has 1 aromatic carbocycles. The molecule has 0 saturated heterocycles. The van der Waals surface area contributed by atoms with Gasteiger partial charge in [-0.15, -0.1) is 0 Å². The third-order valence-electron chi connectivity index (χ3n) is 3.73. The van der Waals surface area contributed by atoms with Crippen LogP contribution in [0, 0.1) is 11.3 Å². The lowest BCUT2D eigenvalue weighted by molar-refractivity contribution is 0.495. The summed E-state index contributed by atoms with van der Waals surface area (Å²) in [5.41, 5.74) is 4.64. The molecule has 1 atom stereocenters. The van der Waals surface area contributed by atoms with Gasteiger partial charge in [-0.2, -0.15) is 5.26 Å². The third-order valence-corrected chi connectivity index (χ3v) is 3.73. The van der Waals surface area contributed by atoms with E-state index < -0.39 is 0 Å². The van der Waals surface area contributed by atoms with Gasteiger partial charge in [0.05, 0.1) is 11.6 Å². The van der Waals surface area contributed by atoms with Crippen LogP contribution in [-0.4, -0.2) is 18.1 Å². The van der Waals surface area contributed by atoms with Gasteiger partial charge in [-0.3, -0.25) is 0 Å². The van der Waals surface area contributed by atoms with E-state index in [0.717, 1.165) is 23.9 Å². The minimum absolute atomic E-state index is 0.562. The topological polar surface area (TPSA) is 51.6 Å². The average molecular weight is 225 g/mol. The molecule has 0 aliphatic heterocycles. The quantitative estimate of drug-likeness (QED) is 0.781. The highest BCUT2D eigenvalue weighted by Crippen LogP contribution is 2.29. The van der Waals surface area contributed by atoms with Crippen molar-refractivity contribution in [2.24, 2.45) is 0 Å². The maximum Gasteiger partial charge on any atom is 0.0991 e. The Morgan fingerprint density at radius 2 is 2.35 bits per heavy atom. The summed E-state index contributed by atoms with van der Waals surface area (Å²) in [6, 6.07) is 8.67. The lowest BCUT2D eigenvalue weighted by atomic mass is 9.91. The molecular formula is C14H15N3. The first-order chi connectivity index (χ1) is 8.31. The van der Waals surface area contributed by atoms with E-state index in [9.17, 15) is 0 Å². The van der Waals surface area contributed by atoms with Crippen LogP contribution in [0.25, 0.3) is 10.9 Å². The van der Waals surface area contributed by atoms with E-state index in [2.05, 4.69) is 16.4 Å². The molecule has 86 valence electrons. The van der Waals surface area contributed by atoms with Crippen LogP contribution in [0.4, 0.5) is 0 Å². The molecule has 1 heterocycles. The molecule has 0 unspecified atom stereocenters. The van der Waals surface area contributed by atoms with Gasteiger partial charge in [-0.05, 0) is 50.1 Å². The first kappa shape index (κ1) is 10.4. The summed E-state index contributed by atoms with van der Waals surface area (Å²) in [7, 11) is 2.02. The van der Waals surface area contributed by atoms with Crippen molar-refractivity contribution in [2.45, 2.75) is 25.3 Å². The van der Waals surface area contributed by atoms with Crippen LogP contribution in [0.2, 0.25) is 0 Å². The normalized spacial score (nSPS) is 18.9. The first-order valence-corrected chi connectivity index (χ1v) is 6.02. The summed E-state index contributed by atoms with van der Waals surface area (Å²) in [6.45, 7) is 0. The van der Waals surface area contributed by atoms with Gasteiger partial charge < -0.3 is 10.3 Å². The number of nitriles is 1. The Morgan fingerprint density at radius 1 is 1.47 bits per heavy atom. The number of aryl methyl sites for hydroxylation is 1. The molecule has 0 spiro atoms. The van der Waals surface area contributed by atoms with Gasteiger partial charge in [0.25, 0.3) is 0 Å². The number of nitrogens with zero attached hydrogens (tertiary/aromatic N) is 1. The van der Waals surface area contributed by atoms with Crippen molar-refractivity contribution in [1.29, 1.82) is 5.26 Å². The lowest BCUT2D eigenvalue weighted by Gasteiger charge is -2.21. The summed E-state index contributed by atoms with van der Waals surface area (Å²) in [5, 5.41) is 13.5. The second kappa shape index (κ2) is 3.90. The van der Waals surface area contributed by atoms with Crippen LogP contribution in [0.1, 0.15) is 23.2 Å². The second-order valence-electron chi connectivity index (χ2n) is 4.68. The van der Waals surface area contributed by atoms with Crippen LogP contribution in [0.5, 0.6) is 0 Å². The number of nitrogens with one attached hydrogen (secondary N) is 2. The maximum absolute atomic E-state index is 8.96. The number of benzene rings is 1. The van der Waals surface area contributed by atoms with Crippen LogP contribution in [0.15, 0.2) is 18.2 Å². The molecule has 0 radical (unpaired) electrons. The molecule has 0 fully saturated rings. The fourth-order valence-corrected chi connectivity index (χ4v) is 2.73. The SMILES string of the molecule is CN[C@@H]1CCc2[nH]c3ccc(C#N)cc3c2C1. The Bertz CT molecular complexity index is 604. The van der Waals surface area contributed by atoms with Crippen molar-refractivity contribution < 1.29 is 0 Å². The largest absolute Gasteiger partial charge is 0.358 e. The number of likely N-dealkylation sites (N-methyl/N-ethyl adjacent to an activating group) is 1. The van der Waals surface area contributed by atoms with Crippen molar-refractivity contribution in [1.82, 2.24) is 10.3 Å². The van der Waals surface area contributed by atoms with E-state index in [1.807, 2.05) is 25.2 Å². The number of hydrogen-bond donors (Lipinski definition) is 2. The van der Waals surface area contributed by atoms with Gasteiger partial charge in [-0.1, -0.05) is 0 Å². The number of aromatic amines is 1. The maximum atomic E-state index is 8.96. The zero-order valence-electron chi connectivity index (χ0n) is 9.88. The zero-order chi connectivity index (χ0) is 11.8. The molecular weight excluding hydrogens is 210 g/mol. The molecule has 3 nitrogen and oxygen atoms in total. The number of rotatable bonds is 1. The Hall–Kier alpha value is -1.79. The highest BCUT2D eigenvalue weighted by Gasteiger charge is 2.21. The summed E-state index contributed by atoms with van der Waals surface area (Å²) in [6.07, 6.45) is 3.33. The number of H-pyrrole nitrogens is 1. The van der Waals surface area contributed by atoms with Gasteiger partial charge in [0.1, 0.15) is 0 Å². The first-order valence-electron chi connectivity index (χ1n) is 6.02. The van der Waals surface area contributed by atoms with E-state index in [0.29, 0.717) is 6.04 Å².